The average molecular weight is 387 g/mol. The van der Waals surface area contributed by atoms with Gasteiger partial charge < -0.3 is 4.42 Å². The predicted octanol–water partition coefficient (Wildman–Crippen LogP) is 5.06. The molecule has 1 aromatic heterocycles. The fraction of sp³-hybridized carbons (Fsp3) is 0.286. The van der Waals surface area contributed by atoms with E-state index in [9.17, 15) is 12.8 Å². The Morgan fingerprint density at radius 2 is 1.85 bits per heavy atom. The van der Waals surface area contributed by atoms with Crippen LogP contribution in [0, 0.1) is 12.7 Å². The van der Waals surface area contributed by atoms with Crippen molar-refractivity contribution in [2.75, 3.05) is 0 Å². The zero-order valence-corrected chi connectivity index (χ0v) is 16.6. The van der Waals surface area contributed by atoms with Crippen molar-refractivity contribution in [1.82, 2.24) is 4.98 Å². The topological polar surface area (TPSA) is 60.2 Å². The van der Waals surface area contributed by atoms with Gasteiger partial charge >= 0.3 is 0 Å². The van der Waals surface area contributed by atoms with Gasteiger partial charge in [0.15, 0.2) is 9.84 Å². The lowest BCUT2D eigenvalue weighted by Crippen LogP contribution is -2.14. The van der Waals surface area contributed by atoms with Gasteiger partial charge in [0, 0.05) is 5.56 Å². The minimum atomic E-state index is -3.60. The Morgan fingerprint density at radius 1 is 1.11 bits per heavy atom. The van der Waals surface area contributed by atoms with E-state index in [2.05, 4.69) is 4.98 Å². The molecule has 3 rings (SSSR count). The Hall–Kier alpha value is -2.47. The van der Waals surface area contributed by atoms with Crippen LogP contribution in [0.2, 0.25) is 0 Å². The van der Waals surface area contributed by atoms with E-state index >= 15 is 0 Å². The number of halogens is 1. The summed E-state index contributed by atoms with van der Waals surface area (Å²) in [6.07, 6.45) is 1.31. The molecule has 0 unspecified atom stereocenters. The summed E-state index contributed by atoms with van der Waals surface area (Å²) >= 11 is 0. The molecule has 0 spiro atoms. The van der Waals surface area contributed by atoms with E-state index in [1.54, 1.807) is 25.1 Å². The van der Waals surface area contributed by atoms with Crippen LogP contribution in [-0.2, 0) is 21.0 Å². The molecule has 0 fully saturated rings. The zero-order valence-electron chi connectivity index (χ0n) is 15.8. The summed E-state index contributed by atoms with van der Waals surface area (Å²) in [7, 11) is -3.60. The minimum Gasteiger partial charge on any atom is -0.444 e. The van der Waals surface area contributed by atoms with Crippen LogP contribution in [0.15, 0.2) is 58.0 Å². The first kappa shape index (κ1) is 19.3. The Bertz CT molecular complexity index is 1080. The smallest absolute Gasteiger partial charge is 0.226 e. The second kappa shape index (κ2) is 6.93. The van der Waals surface area contributed by atoms with Crippen molar-refractivity contribution < 1.29 is 17.2 Å². The molecular weight excluding hydrogens is 365 g/mol. The molecule has 6 heteroatoms. The van der Waals surface area contributed by atoms with Crippen LogP contribution < -0.4 is 0 Å². The van der Waals surface area contributed by atoms with Crippen molar-refractivity contribution >= 4 is 9.84 Å². The highest BCUT2D eigenvalue weighted by molar-refractivity contribution is 7.90. The van der Waals surface area contributed by atoms with E-state index < -0.39 is 15.7 Å². The van der Waals surface area contributed by atoms with Gasteiger partial charge in [-0.1, -0.05) is 39.0 Å². The molecule has 142 valence electrons. The lowest BCUT2D eigenvalue weighted by atomic mass is 9.87. The third-order valence-corrected chi connectivity index (χ3v) is 6.14. The van der Waals surface area contributed by atoms with Crippen LogP contribution in [0.3, 0.4) is 0 Å². The standard InChI is InChI=1S/C21H22FNO3S/c1-14-8-9-16(21(2,3)4)11-19(14)27(24,25)13-18-12-26-20(23-18)15-6-5-7-17(22)10-15/h5-12H,13H2,1-4H3. The molecule has 0 aliphatic heterocycles. The summed E-state index contributed by atoms with van der Waals surface area (Å²) in [5, 5.41) is 0. The van der Waals surface area contributed by atoms with Crippen LogP contribution in [0.4, 0.5) is 4.39 Å². The van der Waals surface area contributed by atoms with Crippen LogP contribution in [0.25, 0.3) is 11.5 Å². The molecular formula is C21H22FNO3S. The first-order valence-corrected chi connectivity index (χ1v) is 10.3. The Labute approximate surface area is 159 Å². The fourth-order valence-corrected chi connectivity index (χ4v) is 4.34. The number of nitrogens with zero attached hydrogens (tertiary/aromatic N) is 1. The maximum absolute atomic E-state index is 13.4. The molecule has 0 N–H and O–H groups in total. The molecule has 4 nitrogen and oxygen atoms in total. The van der Waals surface area contributed by atoms with Crippen LogP contribution >= 0.6 is 0 Å². The summed E-state index contributed by atoms with van der Waals surface area (Å²) < 4.78 is 44.6. The monoisotopic (exact) mass is 387 g/mol. The number of rotatable bonds is 4. The number of benzene rings is 2. The fourth-order valence-electron chi connectivity index (χ4n) is 2.80. The molecule has 3 aromatic rings. The van der Waals surface area contributed by atoms with E-state index in [-0.39, 0.29) is 22.8 Å². The summed E-state index contributed by atoms with van der Waals surface area (Å²) in [6.45, 7) is 7.89. The SMILES string of the molecule is Cc1ccc(C(C)(C)C)cc1S(=O)(=O)Cc1coc(-c2cccc(F)c2)n1. The molecule has 1 heterocycles. The van der Waals surface area contributed by atoms with E-state index in [0.29, 0.717) is 16.0 Å². The maximum Gasteiger partial charge on any atom is 0.226 e. The highest BCUT2D eigenvalue weighted by Gasteiger charge is 2.23. The van der Waals surface area contributed by atoms with Gasteiger partial charge in [-0.15, -0.1) is 0 Å². The van der Waals surface area contributed by atoms with Gasteiger partial charge in [-0.2, -0.15) is 0 Å². The molecule has 0 bridgehead atoms. The number of aromatic nitrogens is 1. The molecule has 2 aromatic carbocycles. The zero-order chi connectivity index (χ0) is 19.8. The van der Waals surface area contributed by atoms with E-state index in [4.69, 9.17) is 4.42 Å². The maximum atomic E-state index is 13.4. The lowest BCUT2D eigenvalue weighted by Gasteiger charge is -2.20. The molecule has 27 heavy (non-hydrogen) atoms. The number of hydrogen-bond donors (Lipinski definition) is 0. The Balaban J connectivity index is 1.92. The van der Waals surface area contributed by atoms with E-state index in [1.165, 1.54) is 18.4 Å². The predicted molar refractivity (Wildman–Crippen MR) is 103 cm³/mol. The van der Waals surface area contributed by atoms with E-state index in [0.717, 1.165) is 5.56 Å². The number of aryl methyl sites for hydroxylation is 1. The third kappa shape index (κ3) is 4.27. The van der Waals surface area contributed by atoms with Crippen molar-refractivity contribution in [3.63, 3.8) is 0 Å². The molecule has 0 aliphatic carbocycles. The molecule has 0 radical (unpaired) electrons. The van der Waals surface area contributed by atoms with Crippen molar-refractivity contribution in [2.24, 2.45) is 0 Å². The van der Waals surface area contributed by atoms with Gasteiger partial charge in [-0.05, 0) is 47.7 Å². The molecule has 0 saturated carbocycles. The molecule has 0 amide bonds. The highest BCUT2D eigenvalue weighted by Crippen LogP contribution is 2.29. The minimum absolute atomic E-state index is 0.156. The van der Waals surface area contributed by atoms with Crippen molar-refractivity contribution in [2.45, 2.75) is 43.8 Å². The molecule has 0 aliphatic rings. The van der Waals surface area contributed by atoms with Crippen LogP contribution in [0.1, 0.15) is 37.6 Å². The van der Waals surface area contributed by atoms with Gasteiger partial charge in [-0.25, -0.2) is 17.8 Å². The number of hydrogen-bond acceptors (Lipinski definition) is 4. The number of sulfone groups is 1. The first-order chi connectivity index (χ1) is 12.6. The van der Waals surface area contributed by atoms with Gasteiger partial charge in [0.1, 0.15) is 17.8 Å². The van der Waals surface area contributed by atoms with Crippen LogP contribution in [0.5, 0.6) is 0 Å². The van der Waals surface area contributed by atoms with Crippen molar-refractivity contribution in [3.8, 4) is 11.5 Å². The number of oxazole rings is 1. The van der Waals surface area contributed by atoms with Crippen molar-refractivity contribution in [3.05, 3.63) is 71.4 Å². The summed E-state index contributed by atoms with van der Waals surface area (Å²) in [4.78, 5) is 4.52. The second-order valence-corrected chi connectivity index (χ2v) is 9.60. The largest absolute Gasteiger partial charge is 0.444 e. The van der Waals surface area contributed by atoms with Gasteiger partial charge in [0.2, 0.25) is 5.89 Å². The molecule has 0 atom stereocenters. The lowest BCUT2D eigenvalue weighted by molar-refractivity contribution is 0.569. The summed E-state index contributed by atoms with van der Waals surface area (Å²) in [5.74, 6) is -0.491. The van der Waals surface area contributed by atoms with Crippen molar-refractivity contribution in [1.29, 1.82) is 0 Å². The molecule has 0 saturated heterocycles. The van der Waals surface area contributed by atoms with Gasteiger partial charge in [-0.3, -0.25) is 0 Å². The quantitative estimate of drug-likeness (QED) is 0.628. The highest BCUT2D eigenvalue weighted by atomic mass is 32.2. The Kier molecular flexibility index (Phi) is 4.95. The van der Waals surface area contributed by atoms with Gasteiger partial charge in [0.05, 0.1) is 10.6 Å². The third-order valence-electron chi connectivity index (χ3n) is 4.35. The first-order valence-electron chi connectivity index (χ1n) is 8.60. The summed E-state index contributed by atoms with van der Waals surface area (Å²) in [6, 6.07) is 11.3. The van der Waals surface area contributed by atoms with Gasteiger partial charge in [0.25, 0.3) is 0 Å². The normalized spacial score (nSPS) is 12.3. The van der Waals surface area contributed by atoms with Crippen LogP contribution in [-0.4, -0.2) is 13.4 Å². The Morgan fingerprint density at radius 3 is 2.52 bits per heavy atom. The second-order valence-electron chi connectivity index (χ2n) is 7.64. The average Bonchev–Trinajstić information content (AvgIpc) is 3.01. The van der Waals surface area contributed by atoms with E-state index in [1.807, 2.05) is 32.9 Å². The summed E-state index contributed by atoms with van der Waals surface area (Å²) in [5.41, 5.74) is 2.24.